The molecule has 1 aromatic carbocycles. The van der Waals surface area contributed by atoms with Crippen LogP contribution < -0.4 is 10.5 Å². The van der Waals surface area contributed by atoms with Crippen molar-refractivity contribution in [1.29, 1.82) is 0 Å². The molecule has 1 aromatic rings. The Morgan fingerprint density at radius 2 is 2.16 bits per heavy atom. The molecule has 0 atom stereocenters. The van der Waals surface area contributed by atoms with E-state index < -0.39 is 10.0 Å². The molecule has 0 spiro atoms. The Kier molecular flexibility index (Phi) is 6.30. The third-order valence-electron chi connectivity index (χ3n) is 2.29. The first-order chi connectivity index (χ1) is 8.97. The lowest BCUT2D eigenvalue weighted by Crippen LogP contribution is -2.27. The summed E-state index contributed by atoms with van der Waals surface area (Å²) >= 11 is 5.79. The fourth-order valence-corrected chi connectivity index (χ4v) is 2.56. The van der Waals surface area contributed by atoms with Crippen molar-refractivity contribution >= 4 is 27.3 Å². The van der Waals surface area contributed by atoms with Crippen molar-refractivity contribution < 1.29 is 13.2 Å². The molecule has 0 saturated carbocycles. The molecule has 0 radical (unpaired) electrons. The first-order valence-corrected chi connectivity index (χ1v) is 7.57. The minimum Gasteiger partial charge on any atom is -0.398 e. The average Bonchev–Trinajstić information content (AvgIpc) is 2.36. The Balaban J connectivity index is 2.51. The number of hydrogen-bond donors (Lipinski definition) is 2. The molecule has 0 aliphatic rings. The third kappa shape index (κ3) is 5.20. The van der Waals surface area contributed by atoms with Crippen molar-refractivity contribution in [2.75, 3.05) is 25.5 Å². The second kappa shape index (κ2) is 7.49. The van der Waals surface area contributed by atoms with Crippen LogP contribution in [0.3, 0.4) is 0 Å². The molecule has 0 unspecified atom stereocenters. The minimum absolute atomic E-state index is 0.0813. The van der Waals surface area contributed by atoms with Gasteiger partial charge in [-0.1, -0.05) is 17.7 Å². The molecule has 19 heavy (non-hydrogen) atoms. The van der Waals surface area contributed by atoms with E-state index in [9.17, 15) is 8.42 Å². The Bertz CT molecular complexity index is 532. The zero-order valence-corrected chi connectivity index (χ0v) is 12.0. The second-order valence-electron chi connectivity index (χ2n) is 3.77. The topological polar surface area (TPSA) is 81.4 Å². The van der Waals surface area contributed by atoms with Crippen LogP contribution in [0.1, 0.15) is 6.42 Å². The number of sulfonamides is 1. The second-order valence-corrected chi connectivity index (χ2v) is 5.94. The molecule has 1 rings (SSSR count). The maximum atomic E-state index is 11.9. The standard InChI is InChI=1S/C12H17ClN2O3S/c1-2-3-7-18-8-6-15-19(16,17)10-4-5-12(14)11(13)9-10/h2,4-5,9,15H,1,3,6-8,14H2. The first kappa shape index (κ1) is 16.0. The van der Waals surface area contributed by atoms with E-state index in [4.69, 9.17) is 22.1 Å². The highest BCUT2D eigenvalue weighted by molar-refractivity contribution is 7.89. The largest absolute Gasteiger partial charge is 0.398 e. The van der Waals surface area contributed by atoms with Gasteiger partial charge in [0, 0.05) is 6.54 Å². The summed E-state index contributed by atoms with van der Waals surface area (Å²) in [4.78, 5) is 0.0813. The Labute approximate surface area is 118 Å². The SMILES string of the molecule is C=CCCOCCNS(=O)(=O)c1ccc(N)c(Cl)c1. The van der Waals surface area contributed by atoms with Crippen LogP contribution in [0.2, 0.25) is 5.02 Å². The van der Waals surface area contributed by atoms with Crippen molar-refractivity contribution in [3.63, 3.8) is 0 Å². The fraction of sp³-hybridized carbons (Fsp3) is 0.333. The molecule has 3 N–H and O–H groups in total. The number of hydrogen-bond acceptors (Lipinski definition) is 4. The van der Waals surface area contributed by atoms with Gasteiger partial charge in [0.2, 0.25) is 10.0 Å². The van der Waals surface area contributed by atoms with Gasteiger partial charge in [-0.05, 0) is 24.6 Å². The molecule has 0 bridgehead atoms. The van der Waals surface area contributed by atoms with E-state index in [0.29, 0.717) is 18.9 Å². The molecular weight excluding hydrogens is 288 g/mol. The quantitative estimate of drug-likeness (QED) is 0.436. The average molecular weight is 305 g/mol. The number of nitrogens with one attached hydrogen (secondary N) is 1. The summed E-state index contributed by atoms with van der Waals surface area (Å²) in [5.74, 6) is 0. The van der Waals surface area contributed by atoms with Gasteiger partial charge in [0.25, 0.3) is 0 Å². The van der Waals surface area contributed by atoms with Gasteiger partial charge in [-0.25, -0.2) is 13.1 Å². The molecular formula is C12H17ClN2O3S. The number of nitrogens with two attached hydrogens (primary N) is 1. The van der Waals surface area contributed by atoms with Crippen molar-refractivity contribution in [3.05, 3.63) is 35.9 Å². The van der Waals surface area contributed by atoms with Crippen LogP contribution in [-0.2, 0) is 14.8 Å². The monoisotopic (exact) mass is 304 g/mol. The normalized spacial score (nSPS) is 11.4. The molecule has 7 heteroatoms. The number of benzene rings is 1. The Morgan fingerprint density at radius 1 is 1.42 bits per heavy atom. The van der Waals surface area contributed by atoms with Crippen LogP contribution in [0.15, 0.2) is 35.7 Å². The van der Waals surface area contributed by atoms with Crippen molar-refractivity contribution in [2.24, 2.45) is 0 Å². The number of rotatable bonds is 8. The maximum absolute atomic E-state index is 11.9. The highest BCUT2D eigenvalue weighted by atomic mass is 35.5. The molecule has 0 fully saturated rings. The molecule has 0 aliphatic carbocycles. The summed E-state index contributed by atoms with van der Waals surface area (Å²) in [5.41, 5.74) is 5.87. The van der Waals surface area contributed by atoms with E-state index in [1.807, 2.05) is 0 Å². The third-order valence-corrected chi connectivity index (χ3v) is 4.07. The van der Waals surface area contributed by atoms with E-state index >= 15 is 0 Å². The van der Waals surface area contributed by atoms with Crippen LogP contribution >= 0.6 is 11.6 Å². The predicted octanol–water partition coefficient (Wildman–Crippen LogP) is 1.79. The lowest BCUT2D eigenvalue weighted by molar-refractivity contribution is 0.144. The van der Waals surface area contributed by atoms with Gasteiger partial charge in [0.05, 0.1) is 28.8 Å². The zero-order valence-electron chi connectivity index (χ0n) is 10.4. The van der Waals surface area contributed by atoms with Crippen molar-refractivity contribution in [2.45, 2.75) is 11.3 Å². The summed E-state index contributed by atoms with van der Waals surface area (Å²) in [6.45, 7) is 4.58. The molecule has 0 aromatic heterocycles. The van der Waals surface area contributed by atoms with E-state index in [0.717, 1.165) is 6.42 Å². The number of halogens is 1. The summed E-state index contributed by atoms with van der Waals surface area (Å²) in [5, 5.41) is 0.213. The zero-order chi connectivity index (χ0) is 14.3. The van der Waals surface area contributed by atoms with Crippen LogP contribution in [0.5, 0.6) is 0 Å². The lowest BCUT2D eigenvalue weighted by atomic mass is 10.3. The Hall–Kier alpha value is -1.08. The molecule has 5 nitrogen and oxygen atoms in total. The number of nitrogen functional groups attached to an aromatic ring is 1. The van der Waals surface area contributed by atoms with E-state index in [2.05, 4.69) is 11.3 Å². The summed E-state index contributed by atoms with van der Waals surface area (Å²) < 4.78 is 31.4. The van der Waals surface area contributed by atoms with Crippen molar-refractivity contribution in [3.8, 4) is 0 Å². The van der Waals surface area contributed by atoms with Gasteiger partial charge in [-0.2, -0.15) is 0 Å². The molecule has 0 amide bonds. The van der Waals surface area contributed by atoms with E-state index in [1.165, 1.54) is 18.2 Å². The van der Waals surface area contributed by atoms with Gasteiger partial charge in [-0.3, -0.25) is 0 Å². The van der Waals surface area contributed by atoms with Crippen molar-refractivity contribution in [1.82, 2.24) is 4.72 Å². The molecule has 0 aliphatic heterocycles. The van der Waals surface area contributed by atoms with Gasteiger partial charge in [0.1, 0.15) is 0 Å². The van der Waals surface area contributed by atoms with Crippen LogP contribution in [0, 0.1) is 0 Å². The molecule has 0 saturated heterocycles. The minimum atomic E-state index is -3.58. The number of ether oxygens (including phenoxy) is 1. The summed E-state index contributed by atoms with van der Waals surface area (Å²) in [7, 11) is -3.58. The van der Waals surface area contributed by atoms with Gasteiger partial charge >= 0.3 is 0 Å². The Morgan fingerprint density at radius 3 is 2.79 bits per heavy atom. The summed E-state index contributed by atoms with van der Waals surface area (Å²) in [6.07, 6.45) is 2.47. The smallest absolute Gasteiger partial charge is 0.240 e. The molecule has 0 heterocycles. The first-order valence-electron chi connectivity index (χ1n) is 5.70. The van der Waals surface area contributed by atoms with Gasteiger partial charge in [-0.15, -0.1) is 6.58 Å². The number of anilines is 1. The van der Waals surface area contributed by atoms with E-state index in [1.54, 1.807) is 6.08 Å². The highest BCUT2D eigenvalue weighted by Gasteiger charge is 2.14. The van der Waals surface area contributed by atoms with Crippen LogP contribution in [-0.4, -0.2) is 28.2 Å². The van der Waals surface area contributed by atoms with Gasteiger partial charge < -0.3 is 10.5 Å². The predicted molar refractivity (Wildman–Crippen MR) is 76.7 cm³/mol. The van der Waals surface area contributed by atoms with E-state index in [-0.39, 0.29) is 16.5 Å². The lowest BCUT2D eigenvalue weighted by Gasteiger charge is -2.08. The van der Waals surface area contributed by atoms with Crippen LogP contribution in [0.4, 0.5) is 5.69 Å². The molecule has 106 valence electrons. The summed E-state index contributed by atoms with van der Waals surface area (Å²) in [6, 6.07) is 4.18. The van der Waals surface area contributed by atoms with Gasteiger partial charge in [0.15, 0.2) is 0 Å². The maximum Gasteiger partial charge on any atom is 0.240 e. The highest BCUT2D eigenvalue weighted by Crippen LogP contribution is 2.22. The van der Waals surface area contributed by atoms with Crippen LogP contribution in [0.25, 0.3) is 0 Å². The fourth-order valence-electron chi connectivity index (χ4n) is 1.28.